The zero-order valence-electron chi connectivity index (χ0n) is 21.2. The number of likely N-dealkylation sites (N-methyl/N-ethyl adjacent to an activating group) is 1. The minimum atomic E-state index is -4.46. The molecule has 0 radical (unpaired) electrons. The van der Waals surface area contributed by atoms with E-state index >= 15 is 0 Å². The number of hydrogen-bond donors (Lipinski definition) is 3. The average Bonchev–Trinajstić information content (AvgIpc) is 2.79. The minimum Gasteiger partial charge on any atom is -0.491 e. The van der Waals surface area contributed by atoms with Crippen LogP contribution < -0.4 is 4.74 Å². The molecule has 0 amide bonds. The summed E-state index contributed by atoms with van der Waals surface area (Å²) >= 11 is 0. The van der Waals surface area contributed by atoms with Crippen molar-refractivity contribution in [3.63, 3.8) is 0 Å². The van der Waals surface area contributed by atoms with Gasteiger partial charge in [0.15, 0.2) is 0 Å². The van der Waals surface area contributed by atoms with Crippen molar-refractivity contribution < 1.29 is 27.9 Å². The van der Waals surface area contributed by atoms with Crippen LogP contribution in [0.4, 0.5) is 0 Å². The van der Waals surface area contributed by atoms with Gasteiger partial charge in [-0.15, -0.1) is 0 Å². The highest BCUT2D eigenvalue weighted by molar-refractivity contribution is 7.83. The van der Waals surface area contributed by atoms with E-state index in [1.807, 2.05) is 66.4 Å². The zero-order chi connectivity index (χ0) is 26.1. The van der Waals surface area contributed by atoms with Crippen molar-refractivity contribution in [3.8, 4) is 5.75 Å². The van der Waals surface area contributed by atoms with Crippen LogP contribution in [0.1, 0.15) is 38.8 Å². The van der Waals surface area contributed by atoms with Gasteiger partial charge >= 0.3 is 10.3 Å². The molecular formula is C26H40N2O6S. The molecule has 196 valence electrons. The Labute approximate surface area is 210 Å². The summed E-state index contributed by atoms with van der Waals surface area (Å²) in [6.45, 7) is 9.15. The van der Waals surface area contributed by atoms with Crippen LogP contribution >= 0.6 is 0 Å². The number of nitrogens with zero attached hydrogens (tertiary/aromatic N) is 2. The highest BCUT2D eigenvalue weighted by Gasteiger charge is 2.24. The summed E-state index contributed by atoms with van der Waals surface area (Å²) in [5.41, 5.74) is 2.17. The summed E-state index contributed by atoms with van der Waals surface area (Å²) in [5, 5.41) is 21.0. The number of rotatable bonds is 14. The fourth-order valence-corrected chi connectivity index (χ4v) is 4.40. The predicted octanol–water partition coefficient (Wildman–Crippen LogP) is 2.75. The molecule has 0 aliphatic carbocycles. The van der Waals surface area contributed by atoms with Crippen molar-refractivity contribution in [2.75, 3.05) is 39.3 Å². The molecule has 2 aromatic carbocycles. The topological polar surface area (TPSA) is 111 Å². The Hall–Kier alpha value is -2.01. The van der Waals surface area contributed by atoms with E-state index in [0.717, 1.165) is 9.87 Å². The van der Waals surface area contributed by atoms with Crippen molar-refractivity contribution in [1.82, 2.24) is 9.21 Å². The van der Waals surface area contributed by atoms with E-state index in [0.29, 0.717) is 18.7 Å². The molecule has 8 nitrogen and oxygen atoms in total. The van der Waals surface area contributed by atoms with Gasteiger partial charge in [-0.3, -0.25) is 9.45 Å². The number of aliphatic hydroxyl groups is 2. The second kappa shape index (κ2) is 13.3. The van der Waals surface area contributed by atoms with E-state index < -0.39 is 22.5 Å². The Bertz CT molecular complexity index is 977. The van der Waals surface area contributed by atoms with Crippen LogP contribution in [0.3, 0.4) is 0 Å². The van der Waals surface area contributed by atoms with Gasteiger partial charge in [0.05, 0.1) is 6.10 Å². The Morgan fingerprint density at radius 2 is 1.51 bits per heavy atom. The van der Waals surface area contributed by atoms with Crippen LogP contribution in [-0.4, -0.2) is 83.9 Å². The first-order valence-electron chi connectivity index (χ1n) is 12.0. The number of hydrogen-bond acceptors (Lipinski definition) is 6. The third kappa shape index (κ3) is 10.6. The summed E-state index contributed by atoms with van der Waals surface area (Å²) in [7, 11) is -4.46. The van der Waals surface area contributed by atoms with Crippen molar-refractivity contribution in [3.05, 3.63) is 65.7 Å². The quantitative estimate of drug-likeness (QED) is 0.337. The smallest absolute Gasteiger partial charge is 0.336 e. The monoisotopic (exact) mass is 508 g/mol. The van der Waals surface area contributed by atoms with E-state index in [-0.39, 0.29) is 38.2 Å². The Kier molecular flexibility index (Phi) is 11.1. The Morgan fingerprint density at radius 1 is 0.914 bits per heavy atom. The predicted molar refractivity (Wildman–Crippen MR) is 138 cm³/mol. The molecule has 2 atom stereocenters. The fourth-order valence-electron chi connectivity index (χ4n) is 3.72. The van der Waals surface area contributed by atoms with Gasteiger partial charge in [-0.1, -0.05) is 70.2 Å². The molecule has 35 heavy (non-hydrogen) atoms. The van der Waals surface area contributed by atoms with Gasteiger partial charge in [0.1, 0.15) is 18.5 Å². The lowest BCUT2D eigenvalue weighted by atomic mass is 9.87. The number of benzene rings is 2. The van der Waals surface area contributed by atoms with Crippen LogP contribution in [0.25, 0.3) is 0 Å². The van der Waals surface area contributed by atoms with Gasteiger partial charge < -0.3 is 14.9 Å². The Balaban J connectivity index is 1.84. The molecule has 0 saturated carbocycles. The van der Waals surface area contributed by atoms with Gasteiger partial charge in [-0.05, 0) is 41.6 Å². The van der Waals surface area contributed by atoms with E-state index in [4.69, 9.17) is 4.74 Å². The maximum Gasteiger partial charge on any atom is 0.336 e. The molecule has 2 rings (SSSR count). The van der Waals surface area contributed by atoms with Crippen molar-refractivity contribution in [1.29, 1.82) is 0 Å². The van der Waals surface area contributed by atoms with Crippen LogP contribution in [-0.2, 0) is 22.1 Å². The highest BCUT2D eigenvalue weighted by Crippen LogP contribution is 2.24. The molecule has 0 saturated heterocycles. The van der Waals surface area contributed by atoms with Crippen LogP contribution in [0.2, 0.25) is 0 Å². The molecule has 0 fully saturated rings. The lowest BCUT2D eigenvalue weighted by molar-refractivity contribution is 0.0427. The van der Waals surface area contributed by atoms with Crippen LogP contribution in [0.15, 0.2) is 54.6 Å². The van der Waals surface area contributed by atoms with E-state index in [1.54, 1.807) is 0 Å². The second-order valence-electron chi connectivity index (χ2n) is 9.82. The average molecular weight is 509 g/mol. The van der Waals surface area contributed by atoms with Crippen molar-refractivity contribution in [2.24, 2.45) is 0 Å². The maximum absolute atomic E-state index is 11.8. The SMILES string of the molecule is CCN(CC(O)COc1ccc(C(C)(C)C)cc1)CC(O)CN(CCc1ccccc1)S(=O)(=O)O. The third-order valence-electron chi connectivity index (χ3n) is 5.78. The molecule has 0 bridgehead atoms. The summed E-state index contributed by atoms with van der Waals surface area (Å²) in [5.74, 6) is 0.669. The van der Waals surface area contributed by atoms with Crippen LogP contribution in [0.5, 0.6) is 5.75 Å². The molecule has 0 spiro atoms. The van der Waals surface area contributed by atoms with Gasteiger partial charge in [0, 0.05) is 26.2 Å². The van der Waals surface area contributed by atoms with Crippen LogP contribution in [0, 0.1) is 0 Å². The molecule has 2 aromatic rings. The second-order valence-corrected chi connectivity index (χ2v) is 11.2. The fraction of sp³-hybridized carbons (Fsp3) is 0.538. The van der Waals surface area contributed by atoms with Crippen molar-refractivity contribution in [2.45, 2.75) is 51.7 Å². The Morgan fingerprint density at radius 3 is 2.06 bits per heavy atom. The molecule has 0 aliphatic rings. The number of aliphatic hydroxyl groups excluding tert-OH is 2. The lowest BCUT2D eigenvalue weighted by Gasteiger charge is -2.28. The van der Waals surface area contributed by atoms with Gasteiger partial charge in [-0.25, -0.2) is 0 Å². The molecule has 9 heteroatoms. The molecule has 0 heterocycles. The summed E-state index contributed by atoms with van der Waals surface area (Å²) in [6.07, 6.45) is -1.41. The molecule has 0 aromatic heterocycles. The van der Waals surface area contributed by atoms with Crippen molar-refractivity contribution >= 4 is 10.3 Å². The van der Waals surface area contributed by atoms with Gasteiger partial charge in [-0.2, -0.15) is 12.7 Å². The number of ether oxygens (including phenoxy) is 1. The molecule has 0 aliphatic heterocycles. The first-order chi connectivity index (χ1) is 16.4. The summed E-state index contributed by atoms with van der Waals surface area (Å²) in [4.78, 5) is 1.82. The van der Waals surface area contributed by atoms with Gasteiger partial charge in [0.25, 0.3) is 0 Å². The molecular weight excluding hydrogens is 468 g/mol. The lowest BCUT2D eigenvalue weighted by Crippen LogP contribution is -2.45. The third-order valence-corrected chi connectivity index (χ3v) is 6.77. The standard InChI is InChI=1S/C26H40N2O6S/c1-5-27(18-24(30)20-34-25-13-11-22(12-14-25)26(2,3)4)17-23(29)19-28(35(31,32)33)16-15-21-9-7-6-8-10-21/h6-14,23-24,29-30H,5,15-20H2,1-4H3,(H,31,32,33). The largest absolute Gasteiger partial charge is 0.491 e. The molecule has 2 unspecified atom stereocenters. The summed E-state index contributed by atoms with van der Waals surface area (Å²) in [6, 6.07) is 17.1. The first-order valence-corrected chi connectivity index (χ1v) is 13.4. The zero-order valence-corrected chi connectivity index (χ0v) is 22.0. The summed E-state index contributed by atoms with van der Waals surface area (Å²) < 4.78 is 39.8. The van der Waals surface area contributed by atoms with E-state index in [9.17, 15) is 23.2 Å². The highest BCUT2D eigenvalue weighted by atomic mass is 32.2. The first kappa shape index (κ1) is 29.2. The van der Waals surface area contributed by atoms with E-state index in [1.165, 1.54) is 5.56 Å². The minimum absolute atomic E-state index is 0.0486. The molecule has 3 N–H and O–H groups in total. The normalized spacial score (nSPS) is 14.3. The van der Waals surface area contributed by atoms with Gasteiger partial charge in [0.2, 0.25) is 0 Å². The van der Waals surface area contributed by atoms with E-state index in [2.05, 4.69) is 20.8 Å². The maximum atomic E-state index is 11.8.